The molecule has 0 bridgehead atoms. The van der Waals surface area contributed by atoms with Gasteiger partial charge in [-0.05, 0) is 35.4 Å². The number of aryl methyl sites for hydroxylation is 1. The third kappa shape index (κ3) is 2.52. The molecule has 1 aromatic carbocycles. The summed E-state index contributed by atoms with van der Waals surface area (Å²) in [4.78, 5) is 8.34. The van der Waals surface area contributed by atoms with E-state index in [4.69, 9.17) is 22.6 Å². The van der Waals surface area contributed by atoms with Crippen LogP contribution in [0.2, 0.25) is 5.15 Å². The highest BCUT2D eigenvalue weighted by Gasteiger charge is 2.13. The maximum Gasteiger partial charge on any atom is 0.140 e. The van der Waals surface area contributed by atoms with Crippen LogP contribution in [-0.4, -0.2) is 14.5 Å². The van der Waals surface area contributed by atoms with Crippen molar-refractivity contribution in [3.63, 3.8) is 0 Å². The fourth-order valence-electron chi connectivity index (χ4n) is 2.35. The highest BCUT2D eigenvalue weighted by molar-refractivity contribution is 6.29. The van der Waals surface area contributed by atoms with Gasteiger partial charge in [0.05, 0.1) is 11.6 Å². The van der Waals surface area contributed by atoms with Crippen LogP contribution in [0.1, 0.15) is 5.56 Å². The fourth-order valence-corrected chi connectivity index (χ4v) is 2.56. The van der Waals surface area contributed by atoms with E-state index in [2.05, 4.69) is 16.0 Å². The van der Waals surface area contributed by atoms with Crippen molar-refractivity contribution in [1.29, 1.82) is 5.26 Å². The topological polar surface area (TPSA) is 80.5 Å². The minimum Gasteiger partial charge on any atom is -0.384 e. The van der Waals surface area contributed by atoms with Crippen molar-refractivity contribution in [2.24, 2.45) is 7.05 Å². The smallest absolute Gasteiger partial charge is 0.140 e. The van der Waals surface area contributed by atoms with E-state index in [1.54, 1.807) is 24.4 Å². The average molecular weight is 310 g/mol. The first-order chi connectivity index (χ1) is 10.6. The minimum absolute atomic E-state index is 0.324. The van der Waals surface area contributed by atoms with Gasteiger partial charge in [0.15, 0.2) is 0 Å². The number of hydrogen-bond acceptors (Lipinski definition) is 4. The molecule has 3 rings (SSSR count). The van der Waals surface area contributed by atoms with Crippen molar-refractivity contribution >= 4 is 17.4 Å². The van der Waals surface area contributed by atoms with E-state index in [0.717, 1.165) is 22.5 Å². The summed E-state index contributed by atoms with van der Waals surface area (Å²) in [6.07, 6.45) is 3.57. The third-order valence-corrected chi connectivity index (χ3v) is 3.53. The molecule has 2 aromatic heterocycles. The number of halogens is 1. The second-order valence-electron chi connectivity index (χ2n) is 4.84. The van der Waals surface area contributed by atoms with Gasteiger partial charge in [-0.15, -0.1) is 0 Å². The molecule has 0 amide bonds. The normalized spacial score (nSPS) is 10.4. The minimum atomic E-state index is 0.324. The predicted molar refractivity (Wildman–Crippen MR) is 86.0 cm³/mol. The van der Waals surface area contributed by atoms with Crippen molar-refractivity contribution in [3.05, 3.63) is 53.4 Å². The number of nitrogen functional groups attached to an aromatic ring is 1. The van der Waals surface area contributed by atoms with Gasteiger partial charge in [-0.3, -0.25) is 0 Å². The fraction of sp³-hybridized carbons (Fsp3) is 0.0625. The van der Waals surface area contributed by atoms with E-state index in [0.29, 0.717) is 16.5 Å². The number of imidazole rings is 1. The quantitative estimate of drug-likeness (QED) is 0.737. The Morgan fingerprint density at radius 3 is 2.68 bits per heavy atom. The lowest BCUT2D eigenvalue weighted by Gasteiger charge is -2.11. The molecule has 22 heavy (non-hydrogen) atoms. The number of aromatic nitrogens is 3. The molecule has 0 spiro atoms. The van der Waals surface area contributed by atoms with Gasteiger partial charge in [-0.2, -0.15) is 5.26 Å². The Balaban J connectivity index is 2.28. The molecule has 0 radical (unpaired) electrons. The third-order valence-electron chi connectivity index (χ3n) is 3.34. The molecule has 2 heterocycles. The Hall–Kier alpha value is -2.84. The van der Waals surface area contributed by atoms with Crippen LogP contribution < -0.4 is 5.73 Å². The molecule has 0 aliphatic carbocycles. The van der Waals surface area contributed by atoms with Crippen LogP contribution in [0.4, 0.5) is 5.82 Å². The zero-order chi connectivity index (χ0) is 15.7. The first kappa shape index (κ1) is 14.1. The number of nitrogens with two attached hydrogens (primary N) is 1. The summed E-state index contributed by atoms with van der Waals surface area (Å²) in [5.74, 6) is 1.11. The molecule has 0 fully saturated rings. The Labute approximate surface area is 132 Å². The first-order valence-corrected chi connectivity index (χ1v) is 6.91. The zero-order valence-corrected chi connectivity index (χ0v) is 12.5. The SMILES string of the molecule is Cn1ccnc1-c1cc(C#N)ccc1-c1cc(N)nc(Cl)c1. The van der Waals surface area contributed by atoms with Crippen LogP contribution >= 0.6 is 11.6 Å². The molecule has 6 heteroatoms. The second kappa shape index (κ2) is 5.51. The first-order valence-electron chi connectivity index (χ1n) is 6.54. The van der Waals surface area contributed by atoms with Crippen LogP contribution in [-0.2, 0) is 7.05 Å². The standard InChI is InChI=1S/C16H12ClN5/c1-22-5-4-20-16(22)13-6-10(9-18)2-3-12(13)11-7-14(17)21-15(19)8-11/h2-8H,1H3,(H2,19,21). The Bertz CT molecular complexity index is 872. The summed E-state index contributed by atoms with van der Waals surface area (Å²) in [7, 11) is 1.90. The van der Waals surface area contributed by atoms with E-state index >= 15 is 0 Å². The van der Waals surface area contributed by atoms with Gasteiger partial charge in [0.1, 0.15) is 16.8 Å². The molecule has 3 aromatic rings. The monoisotopic (exact) mass is 309 g/mol. The summed E-state index contributed by atoms with van der Waals surface area (Å²) in [5, 5.41) is 9.47. The molecule has 0 saturated heterocycles. The number of hydrogen-bond donors (Lipinski definition) is 1. The van der Waals surface area contributed by atoms with Crippen LogP contribution in [0.15, 0.2) is 42.7 Å². The van der Waals surface area contributed by atoms with Gasteiger partial charge in [-0.25, -0.2) is 9.97 Å². The van der Waals surface area contributed by atoms with Crippen molar-refractivity contribution in [3.8, 4) is 28.6 Å². The molecule has 0 aliphatic rings. The van der Waals surface area contributed by atoms with Crippen molar-refractivity contribution in [1.82, 2.24) is 14.5 Å². The second-order valence-corrected chi connectivity index (χ2v) is 5.22. The highest BCUT2D eigenvalue weighted by atomic mass is 35.5. The van der Waals surface area contributed by atoms with E-state index < -0.39 is 0 Å². The maximum absolute atomic E-state index is 9.15. The number of pyridine rings is 1. The molecule has 5 nitrogen and oxygen atoms in total. The van der Waals surface area contributed by atoms with Crippen molar-refractivity contribution in [2.75, 3.05) is 5.73 Å². The lowest BCUT2D eigenvalue weighted by Crippen LogP contribution is -1.96. The van der Waals surface area contributed by atoms with Crippen LogP contribution in [0.3, 0.4) is 0 Å². The van der Waals surface area contributed by atoms with Gasteiger partial charge in [0.2, 0.25) is 0 Å². The largest absolute Gasteiger partial charge is 0.384 e. The number of anilines is 1. The van der Waals surface area contributed by atoms with E-state index in [-0.39, 0.29) is 0 Å². The molecule has 0 aliphatic heterocycles. The molecule has 0 unspecified atom stereocenters. The molecule has 0 saturated carbocycles. The van der Waals surface area contributed by atoms with Crippen LogP contribution in [0.25, 0.3) is 22.5 Å². The maximum atomic E-state index is 9.15. The lowest BCUT2D eigenvalue weighted by molar-refractivity contribution is 0.925. The lowest BCUT2D eigenvalue weighted by atomic mass is 9.97. The molecular formula is C16H12ClN5. The number of benzene rings is 1. The zero-order valence-electron chi connectivity index (χ0n) is 11.8. The Morgan fingerprint density at radius 2 is 2.05 bits per heavy atom. The summed E-state index contributed by atoms with van der Waals surface area (Å²) >= 11 is 6.00. The summed E-state index contributed by atoms with van der Waals surface area (Å²) in [5.41, 5.74) is 8.91. The molecule has 0 atom stereocenters. The van der Waals surface area contributed by atoms with Crippen LogP contribution in [0.5, 0.6) is 0 Å². The summed E-state index contributed by atoms with van der Waals surface area (Å²) in [6.45, 7) is 0. The van der Waals surface area contributed by atoms with Gasteiger partial charge in [-0.1, -0.05) is 17.7 Å². The Morgan fingerprint density at radius 1 is 1.23 bits per heavy atom. The van der Waals surface area contributed by atoms with Gasteiger partial charge >= 0.3 is 0 Å². The highest BCUT2D eigenvalue weighted by Crippen LogP contribution is 2.33. The summed E-state index contributed by atoms with van der Waals surface area (Å²) in [6, 6.07) is 11.1. The van der Waals surface area contributed by atoms with E-state index in [9.17, 15) is 0 Å². The average Bonchev–Trinajstić information content (AvgIpc) is 2.91. The summed E-state index contributed by atoms with van der Waals surface area (Å²) < 4.78 is 1.89. The molecule has 2 N–H and O–H groups in total. The van der Waals surface area contributed by atoms with Gasteiger partial charge in [0, 0.05) is 25.0 Å². The number of nitrogens with zero attached hydrogens (tertiary/aromatic N) is 4. The molecule has 108 valence electrons. The van der Waals surface area contributed by atoms with Crippen molar-refractivity contribution in [2.45, 2.75) is 0 Å². The molecular weight excluding hydrogens is 298 g/mol. The number of nitriles is 1. The van der Waals surface area contributed by atoms with Crippen molar-refractivity contribution < 1.29 is 0 Å². The van der Waals surface area contributed by atoms with Gasteiger partial charge < -0.3 is 10.3 Å². The van der Waals surface area contributed by atoms with E-state index in [1.165, 1.54) is 0 Å². The van der Waals surface area contributed by atoms with Gasteiger partial charge in [0.25, 0.3) is 0 Å². The predicted octanol–water partition coefficient (Wildman–Crippen LogP) is 3.26. The van der Waals surface area contributed by atoms with E-state index in [1.807, 2.05) is 29.9 Å². The Kier molecular flexibility index (Phi) is 3.53. The number of rotatable bonds is 2. The van der Waals surface area contributed by atoms with Crippen LogP contribution in [0, 0.1) is 11.3 Å².